The second-order valence-corrected chi connectivity index (χ2v) is 13.1. The third-order valence-corrected chi connectivity index (χ3v) is 5.59. The molecule has 2 N–H and O–H groups in total. The van der Waals surface area contributed by atoms with Crippen molar-refractivity contribution < 1.29 is 38.0 Å². The zero-order valence-corrected chi connectivity index (χ0v) is 26.2. The maximum absolute atomic E-state index is 11.9. The summed E-state index contributed by atoms with van der Waals surface area (Å²) in [5, 5.41) is 3.52. The molecule has 0 bridgehead atoms. The van der Waals surface area contributed by atoms with E-state index in [1.165, 1.54) is 0 Å². The summed E-state index contributed by atoms with van der Waals surface area (Å²) in [6, 6.07) is 0. The Balaban J connectivity index is 0.000000402. The standard InChI is InChI=1S/C14H25N3O4.C14H27NO4/c1-13(2,3)21-12(18)9-11-8-10(6-7-16-17-15)19-14(4,5)20-11;1-13(2,3)19-12(16)9-11-8-10(6-7-15)17-14(4,5)18-11/h10-11H,6-9H2,1-5H3;10-11H,6-9,15H2,1-5H3/t2*10-,11-/m11/s1. The third kappa shape index (κ3) is 16.3. The van der Waals surface area contributed by atoms with Gasteiger partial charge in [0.15, 0.2) is 11.6 Å². The summed E-state index contributed by atoms with van der Waals surface area (Å²) in [5.41, 5.74) is 12.9. The number of carbonyl (C=O) groups excluding carboxylic acids is 2. The van der Waals surface area contributed by atoms with Crippen LogP contribution in [-0.2, 0) is 38.0 Å². The number of ether oxygens (including phenoxy) is 6. The molecule has 0 spiro atoms. The van der Waals surface area contributed by atoms with Crippen molar-refractivity contribution in [3.8, 4) is 0 Å². The van der Waals surface area contributed by atoms with Crippen LogP contribution in [0.2, 0.25) is 0 Å². The molecule has 2 saturated heterocycles. The summed E-state index contributed by atoms with van der Waals surface area (Å²) in [4.78, 5) is 26.5. The molecule has 12 nitrogen and oxygen atoms in total. The maximum atomic E-state index is 11.9. The molecule has 0 aliphatic carbocycles. The highest BCUT2D eigenvalue weighted by molar-refractivity contribution is 5.70. The van der Waals surface area contributed by atoms with Crippen LogP contribution < -0.4 is 5.73 Å². The second kappa shape index (κ2) is 15.3. The third-order valence-electron chi connectivity index (χ3n) is 5.59. The van der Waals surface area contributed by atoms with Crippen molar-refractivity contribution in [3.05, 3.63) is 10.4 Å². The number of hydrogen-bond acceptors (Lipinski definition) is 10. The number of azide groups is 1. The maximum Gasteiger partial charge on any atom is 0.308 e. The molecular weight excluding hydrogens is 520 g/mol. The molecule has 2 heterocycles. The van der Waals surface area contributed by atoms with Crippen LogP contribution in [0.15, 0.2) is 5.11 Å². The van der Waals surface area contributed by atoms with Crippen molar-refractivity contribution in [2.24, 2.45) is 10.8 Å². The lowest BCUT2D eigenvalue weighted by Crippen LogP contribution is -2.46. The molecule has 0 unspecified atom stereocenters. The van der Waals surface area contributed by atoms with Gasteiger partial charge in [0.2, 0.25) is 0 Å². The van der Waals surface area contributed by atoms with Crippen LogP contribution in [0.4, 0.5) is 0 Å². The van der Waals surface area contributed by atoms with Gasteiger partial charge >= 0.3 is 11.9 Å². The molecular formula is C28H52N4O8. The minimum absolute atomic E-state index is 0.0428. The van der Waals surface area contributed by atoms with Gasteiger partial charge in [0.1, 0.15) is 11.2 Å². The number of nitrogens with zero attached hydrogens (tertiary/aromatic N) is 3. The van der Waals surface area contributed by atoms with Crippen molar-refractivity contribution in [2.45, 2.75) is 155 Å². The number of rotatable bonds is 9. The van der Waals surface area contributed by atoms with Crippen molar-refractivity contribution in [1.29, 1.82) is 0 Å². The van der Waals surface area contributed by atoms with E-state index in [0.29, 0.717) is 32.4 Å². The van der Waals surface area contributed by atoms with Gasteiger partial charge in [-0.25, -0.2) is 0 Å². The van der Waals surface area contributed by atoms with E-state index in [-0.39, 0.29) is 49.2 Å². The van der Waals surface area contributed by atoms with Crippen LogP contribution in [0.5, 0.6) is 0 Å². The van der Waals surface area contributed by atoms with Crippen LogP contribution >= 0.6 is 0 Å². The Labute approximate surface area is 239 Å². The fraction of sp³-hybridized carbons (Fsp3) is 0.929. The van der Waals surface area contributed by atoms with E-state index in [0.717, 1.165) is 6.42 Å². The summed E-state index contributed by atoms with van der Waals surface area (Å²) in [6.45, 7) is 19.4. The minimum Gasteiger partial charge on any atom is -0.460 e. The van der Waals surface area contributed by atoms with E-state index in [1.54, 1.807) is 0 Å². The van der Waals surface area contributed by atoms with Crippen molar-refractivity contribution in [2.75, 3.05) is 13.1 Å². The lowest BCUT2D eigenvalue weighted by Gasteiger charge is -2.40. The molecule has 0 amide bonds. The van der Waals surface area contributed by atoms with Gasteiger partial charge in [-0.1, -0.05) is 5.11 Å². The SMILES string of the molecule is CC(C)(C)OC(=O)C[C@H]1C[C@@H](CCN)OC(C)(C)O1.CC(C)(C)OC(=O)C[C@H]1C[C@@H](CCN=[N+]=[N-])OC(C)(C)O1. The Morgan fingerprint density at radius 3 is 1.52 bits per heavy atom. The van der Waals surface area contributed by atoms with E-state index in [9.17, 15) is 9.59 Å². The average molecular weight is 573 g/mol. The molecule has 2 fully saturated rings. The van der Waals surface area contributed by atoms with Gasteiger partial charge < -0.3 is 34.2 Å². The molecule has 0 aromatic rings. The topological polar surface area (TPSA) is 164 Å². The number of carbonyl (C=O) groups is 2. The molecule has 0 aromatic heterocycles. The summed E-state index contributed by atoms with van der Waals surface area (Å²) < 4.78 is 33.7. The molecule has 12 heteroatoms. The van der Waals surface area contributed by atoms with Gasteiger partial charge in [-0.2, -0.15) is 0 Å². The zero-order valence-electron chi connectivity index (χ0n) is 26.2. The minimum atomic E-state index is -0.758. The van der Waals surface area contributed by atoms with Crippen LogP contribution in [0.3, 0.4) is 0 Å². The fourth-order valence-corrected chi connectivity index (χ4v) is 4.61. The molecule has 2 aliphatic rings. The molecule has 0 saturated carbocycles. The smallest absolute Gasteiger partial charge is 0.308 e. The Morgan fingerprint density at radius 2 is 1.18 bits per heavy atom. The van der Waals surface area contributed by atoms with Gasteiger partial charge in [0, 0.05) is 24.3 Å². The highest BCUT2D eigenvalue weighted by atomic mass is 16.7. The summed E-state index contributed by atoms with van der Waals surface area (Å²) in [5.74, 6) is -1.95. The first kappa shape index (κ1) is 36.1. The fourth-order valence-electron chi connectivity index (χ4n) is 4.61. The van der Waals surface area contributed by atoms with Gasteiger partial charge in [0.05, 0.1) is 37.3 Å². The predicted molar refractivity (Wildman–Crippen MR) is 150 cm³/mol. The molecule has 4 atom stereocenters. The van der Waals surface area contributed by atoms with E-state index in [2.05, 4.69) is 10.0 Å². The van der Waals surface area contributed by atoms with E-state index >= 15 is 0 Å². The lowest BCUT2D eigenvalue weighted by atomic mass is 10.0. The van der Waals surface area contributed by atoms with Gasteiger partial charge in [-0.15, -0.1) is 0 Å². The second-order valence-electron chi connectivity index (χ2n) is 13.1. The highest BCUT2D eigenvalue weighted by Gasteiger charge is 2.38. The number of esters is 2. The Bertz CT molecular complexity index is 859. The van der Waals surface area contributed by atoms with Crippen LogP contribution in [0.25, 0.3) is 10.4 Å². The molecule has 2 aliphatic heterocycles. The summed E-state index contributed by atoms with van der Waals surface area (Å²) in [7, 11) is 0. The average Bonchev–Trinajstić information content (AvgIpc) is 2.69. The largest absolute Gasteiger partial charge is 0.460 e. The van der Waals surface area contributed by atoms with Crippen molar-refractivity contribution >= 4 is 11.9 Å². The zero-order chi connectivity index (χ0) is 30.8. The highest BCUT2D eigenvalue weighted by Crippen LogP contribution is 2.31. The summed E-state index contributed by atoms with van der Waals surface area (Å²) >= 11 is 0. The molecule has 0 aromatic carbocycles. The van der Waals surface area contributed by atoms with Crippen LogP contribution in [-0.4, -0.2) is 72.2 Å². The summed E-state index contributed by atoms with van der Waals surface area (Å²) in [6.07, 6.45) is 2.64. The first-order valence-corrected chi connectivity index (χ1v) is 14.1. The van der Waals surface area contributed by atoms with Crippen molar-refractivity contribution in [3.63, 3.8) is 0 Å². The Kier molecular flexibility index (Phi) is 13.8. The van der Waals surface area contributed by atoms with Gasteiger partial charge in [0.25, 0.3) is 0 Å². The number of nitrogens with two attached hydrogens (primary N) is 1. The van der Waals surface area contributed by atoms with Gasteiger partial charge in [-0.05, 0) is 94.2 Å². The first-order valence-electron chi connectivity index (χ1n) is 14.1. The first-order chi connectivity index (χ1) is 18.2. The van der Waals surface area contributed by atoms with Gasteiger partial charge in [-0.3, -0.25) is 9.59 Å². The van der Waals surface area contributed by atoms with E-state index in [1.807, 2.05) is 69.2 Å². The van der Waals surface area contributed by atoms with Crippen molar-refractivity contribution in [1.82, 2.24) is 0 Å². The number of hydrogen-bond donors (Lipinski definition) is 1. The predicted octanol–water partition coefficient (Wildman–Crippen LogP) is 5.31. The van der Waals surface area contributed by atoms with Crippen LogP contribution in [0.1, 0.15) is 108 Å². The lowest BCUT2D eigenvalue weighted by molar-refractivity contribution is -0.301. The monoisotopic (exact) mass is 572 g/mol. The van der Waals surface area contributed by atoms with E-state index in [4.69, 9.17) is 39.7 Å². The Hall–Kier alpha value is -1.95. The normalized spacial score (nSPS) is 26.0. The van der Waals surface area contributed by atoms with E-state index < -0.39 is 22.8 Å². The quantitative estimate of drug-likeness (QED) is 0.167. The Morgan fingerprint density at radius 1 is 0.800 bits per heavy atom. The van der Waals surface area contributed by atoms with Crippen LogP contribution in [0, 0.1) is 0 Å². The molecule has 2 rings (SSSR count). The molecule has 40 heavy (non-hydrogen) atoms. The molecule has 0 radical (unpaired) electrons. The molecule has 232 valence electrons.